The Hall–Kier alpha value is -0.960. The fourth-order valence-corrected chi connectivity index (χ4v) is 1.81. The van der Waals surface area contributed by atoms with Gasteiger partial charge in [-0.25, -0.2) is 0 Å². The molecule has 3 heteroatoms. The first kappa shape index (κ1) is 12.1. The number of methoxy groups -OCH3 is 1. The summed E-state index contributed by atoms with van der Waals surface area (Å²) in [5, 5.41) is 0. The summed E-state index contributed by atoms with van der Waals surface area (Å²) in [5.74, 6) is 1.48. The van der Waals surface area contributed by atoms with E-state index in [-0.39, 0.29) is 0 Å². The number of ether oxygens (including phenoxy) is 2. The van der Waals surface area contributed by atoms with Crippen molar-refractivity contribution in [2.24, 2.45) is 0 Å². The number of halogens is 1. The van der Waals surface area contributed by atoms with Gasteiger partial charge in [-0.05, 0) is 40.0 Å². The van der Waals surface area contributed by atoms with Crippen molar-refractivity contribution < 1.29 is 9.47 Å². The van der Waals surface area contributed by atoms with E-state index < -0.39 is 0 Å². The summed E-state index contributed by atoms with van der Waals surface area (Å²) in [6.07, 6.45) is 2.75. The summed E-state index contributed by atoms with van der Waals surface area (Å²) in [5.41, 5.74) is 1.00. The molecule has 0 bridgehead atoms. The van der Waals surface area contributed by atoms with Crippen LogP contribution in [-0.4, -0.2) is 13.7 Å². The Morgan fingerprint density at radius 2 is 2.20 bits per heavy atom. The SMILES string of the molecule is C=Cc1ccc(OC)c(OCCC)c1Br. The Morgan fingerprint density at radius 1 is 1.47 bits per heavy atom. The quantitative estimate of drug-likeness (QED) is 0.808. The first-order chi connectivity index (χ1) is 7.24. The van der Waals surface area contributed by atoms with Gasteiger partial charge in [0.25, 0.3) is 0 Å². The van der Waals surface area contributed by atoms with Gasteiger partial charge in [-0.3, -0.25) is 0 Å². The second kappa shape index (κ2) is 5.81. The highest BCUT2D eigenvalue weighted by molar-refractivity contribution is 9.10. The van der Waals surface area contributed by atoms with E-state index in [0.29, 0.717) is 6.61 Å². The molecule has 2 nitrogen and oxygen atoms in total. The zero-order valence-electron chi connectivity index (χ0n) is 9.05. The molecule has 0 fully saturated rings. The summed E-state index contributed by atoms with van der Waals surface area (Å²) in [6, 6.07) is 3.82. The Balaban J connectivity index is 3.10. The summed E-state index contributed by atoms with van der Waals surface area (Å²) in [4.78, 5) is 0. The Morgan fingerprint density at radius 3 is 2.73 bits per heavy atom. The Labute approximate surface area is 99.0 Å². The van der Waals surface area contributed by atoms with Crippen LogP contribution in [-0.2, 0) is 0 Å². The van der Waals surface area contributed by atoms with Crippen LogP contribution in [0.2, 0.25) is 0 Å². The van der Waals surface area contributed by atoms with E-state index in [4.69, 9.17) is 9.47 Å². The molecule has 1 aromatic carbocycles. The molecular formula is C12H15BrO2. The minimum atomic E-state index is 0.676. The van der Waals surface area contributed by atoms with Gasteiger partial charge in [-0.2, -0.15) is 0 Å². The number of benzene rings is 1. The molecule has 0 atom stereocenters. The lowest BCUT2D eigenvalue weighted by molar-refractivity contribution is 0.292. The van der Waals surface area contributed by atoms with E-state index >= 15 is 0 Å². The average Bonchev–Trinajstić information content (AvgIpc) is 2.27. The summed E-state index contributed by atoms with van der Waals surface area (Å²) in [6.45, 7) is 6.49. The zero-order chi connectivity index (χ0) is 11.3. The maximum absolute atomic E-state index is 5.63. The summed E-state index contributed by atoms with van der Waals surface area (Å²) in [7, 11) is 1.63. The fraction of sp³-hybridized carbons (Fsp3) is 0.333. The van der Waals surface area contributed by atoms with Gasteiger partial charge in [-0.1, -0.05) is 19.6 Å². The minimum Gasteiger partial charge on any atom is -0.493 e. The minimum absolute atomic E-state index is 0.676. The Kier molecular flexibility index (Phi) is 4.69. The number of rotatable bonds is 5. The molecule has 0 unspecified atom stereocenters. The van der Waals surface area contributed by atoms with Crippen LogP contribution in [0.5, 0.6) is 11.5 Å². The lowest BCUT2D eigenvalue weighted by Crippen LogP contribution is -1.99. The van der Waals surface area contributed by atoms with Crippen LogP contribution in [0.25, 0.3) is 6.08 Å². The predicted octanol–water partition coefficient (Wildman–Crippen LogP) is 3.89. The smallest absolute Gasteiger partial charge is 0.175 e. The third kappa shape index (κ3) is 2.75. The van der Waals surface area contributed by atoms with Gasteiger partial charge >= 0.3 is 0 Å². The first-order valence-corrected chi connectivity index (χ1v) is 5.65. The molecule has 0 aromatic heterocycles. The van der Waals surface area contributed by atoms with E-state index in [2.05, 4.69) is 29.4 Å². The Bertz CT molecular complexity index is 348. The molecule has 0 aliphatic heterocycles. The van der Waals surface area contributed by atoms with Gasteiger partial charge in [0.1, 0.15) is 0 Å². The van der Waals surface area contributed by atoms with E-state index in [1.54, 1.807) is 13.2 Å². The molecule has 0 N–H and O–H groups in total. The second-order valence-corrected chi connectivity index (χ2v) is 3.85. The van der Waals surface area contributed by atoms with Crippen molar-refractivity contribution in [3.63, 3.8) is 0 Å². The molecule has 0 radical (unpaired) electrons. The van der Waals surface area contributed by atoms with Crippen LogP contribution in [0.3, 0.4) is 0 Å². The van der Waals surface area contributed by atoms with Crippen molar-refractivity contribution in [2.45, 2.75) is 13.3 Å². The molecule has 1 rings (SSSR count). The molecule has 0 aliphatic rings. The van der Waals surface area contributed by atoms with Gasteiger partial charge in [0, 0.05) is 0 Å². The topological polar surface area (TPSA) is 18.5 Å². The maximum atomic E-state index is 5.63. The molecular weight excluding hydrogens is 256 g/mol. The molecule has 0 spiro atoms. The lowest BCUT2D eigenvalue weighted by Gasteiger charge is -2.13. The van der Waals surface area contributed by atoms with Crippen molar-refractivity contribution in [1.82, 2.24) is 0 Å². The van der Waals surface area contributed by atoms with Gasteiger partial charge in [0.05, 0.1) is 18.2 Å². The van der Waals surface area contributed by atoms with Gasteiger partial charge in [0.2, 0.25) is 0 Å². The van der Waals surface area contributed by atoms with Crippen LogP contribution in [0.1, 0.15) is 18.9 Å². The van der Waals surface area contributed by atoms with E-state index in [9.17, 15) is 0 Å². The monoisotopic (exact) mass is 270 g/mol. The summed E-state index contributed by atoms with van der Waals surface area (Å²) < 4.78 is 11.8. The third-order valence-corrected chi connectivity index (χ3v) is 2.80. The van der Waals surface area contributed by atoms with Gasteiger partial charge in [0.15, 0.2) is 11.5 Å². The standard InChI is InChI=1S/C12H15BrO2/c1-4-8-15-12-10(14-3)7-6-9(5-2)11(12)13/h5-7H,2,4,8H2,1,3H3. The predicted molar refractivity (Wildman–Crippen MR) is 66.6 cm³/mol. The molecule has 82 valence electrons. The molecule has 0 aliphatic carbocycles. The highest BCUT2D eigenvalue weighted by Crippen LogP contribution is 2.38. The van der Waals surface area contributed by atoms with Crippen LogP contribution in [0, 0.1) is 0 Å². The van der Waals surface area contributed by atoms with E-state index in [0.717, 1.165) is 28.0 Å². The highest BCUT2D eigenvalue weighted by Gasteiger charge is 2.11. The average molecular weight is 271 g/mol. The highest BCUT2D eigenvalue weighted by atomic mass is 79.9. The normalized spacial score (nSPS) is 9.80. The van der Waals surface area contributed by atoms with Crippen LogP contribution in [0.4, 0.5) is 0 Å². The molecule has 0 heterocycles. The van der Waals surface area contributed by atoms with E-state index in [1.807, 2.05) is 12.1 Å². The van der Waals surface area contributed by atoms with Crippen molar-refractivity contribution >= 4 is 22.0 Å². The van der Waals surface area contributed by atoms with Crippen LogP contribution < -0.4 is 9.47 Å². The van der Waals surface area contributed by atoms with Crippen molar-refractivity contribution in [1.29, 1.82) is 0 Å². The van der Waals surface area contributed by atoms with Crippen molar-refractivity contribution in [2.75, 3.05) is 13.7 Å². The molecule has 0 amide bonds. The largest absolute Gasteiger partial charge is 0.493 e. The molecule has 0 saturated carbocycles. The van der Waals surface area contributed by atoms with Crippen molar-refractivity contribution in [3.8, 4) is 11.5 Å². The van der Waals surface area contributed by atoms with Crippen LogP contribution in [0.15, 0.2) is 23.2 Å². The summed E-state index contributed by atoms with van der Waals surface area (Å²) >= 11 is 3.49. The first-order valence-electron chi connectivity index (χ1n) is 4.86. The third-order valence-electron chi connectivity index (χ3n) is 1.98. The van der Waals surface area contributed by atoms with Gasteiger partial charge < -0.3 is 9.47 Å². The fourth-order valence-electron chi connectivity index (χ4n) is 1.21. The zero-order valence-corrected chi connectivity index (χ0v) is 10.6. The maximum Gasteiger partial charge on any atom is 0.175 e. The number of hydrogen-bond donors (Lipinski definition) is 0. The lowest BCUT2D eigenvalue weighted by atomic mass is 10.2. The molecule has 1 aromatic rings. The van der Waals surface area contributed by atoms with Crippen LogP contribution >= 0.6 is 15.9 Å². The number of hydrogen-bond acceptors (Lipinski definition) is 2. The van der Waals surface area contributed by atoms with Gasteiger partial charge in [-0.15, -0.1) is 0 Å². The second-order valence-electron chi connectivity index (χ2n) is 3.05. The molecule has 15 heavy (non-hydrogen) atoms. The van der Waals surface area contributed by atoms with Crippen molar-refractivity contribution in [3.05, 3.63) is 28.7 Å². The van der Waals surface area contributed by atoms with E-state index in [1.165, 1.54) is 0 Å². The molecule has 0 saturated heterocycles.